The zero-order chi connectivity index (χ0) is 15.7. The van der Waals surface area contributed by atoms with Crippen molar-refractivity contribution in [1.29, 1.82) is 0 Å². The predicted octanol–water partition coefficient (Wildman–Crippen LogP) is 4.53. The molecule has 118 valence electrons. The molecule has 0 aromatic carbocycles. The Balaban J connectivity index is 2.05. The molecular weight excluding hydrogens is 316 g/mol. The van der Waals surface area contributed by atoms with Crippen molar-refractivity contribution < 1.29 is 9.90 Å². The number of rotatable bonds is 4. The molecule has 0 bridgehead atoms. The molecule has 0 radical (unpaired) electrons. The molecule has 0 amide bonds. The molecule has 6 heteroatoms. The second-order valence-corrected chi connectivity index (χ2v) is 8.03. The smallest absolute Gasteiger partial charge is 0.313 e. The average Bonchev–Trinajstić information content (AvgIpc) is 2.80. The second kappa shape index (κ2) is 6.54. The third-order valence-corrected chi connectivity index (χ3v) is 6.38. The number of hydrogen-bond donors (Lipinski definition) is 1. The van der Waals surface area contributed by atoms with Crippen LogP contribution in [0.15, 0.2) is 5.03 Å². The van der Waals surface area contributed by atoms with Gasteiger partial charge in [0.1, 0.15) is 15.7 Å². The summed E-state index contributed by atoms with van der Waals surface area (Å²) < 4.78 is 0. The minimum atomic E-state index is -0.805. The molecule has 1 fully saturated rings. The fourth-order valence-electron chi connectivity index (χ4n) is 3.01. The molecule has 0 atom stereocenters. The van der Waals surface area contributed by atoms with Crippen LogP contribution in [-0.4, -0.2) is 26.8 Å². The summed E-state index contributed by atoms with van der Waals surface area (Å²) in [4.78, 5) is 22.8. The number of carboxylic acids is 1. The Labute approximate surface area is 138 Å². The summed E-state index contributed by atoms with van der Waals surface area (Å²) in [6.07, 6.45) is 6.09. The van der Waals surface area contributed by atoms with E-state index < -0.39 is 5.97 Å². The molecule has 1 aliphatic carbocycles. The van der Waals surface area contributed by atoms with Crippen LogP contribution in [0.3, 0.4) is 0 Å². The molecule has 22 heavy (non-hydrogen) atoms. The van der Waals surface area contributed by atoms with Gasteiger partial charge in [-0.3, -0.25) is 4.79 Å². The van der Waals surface area contributed by atoms with Gasteiger partial charge in [0, 0.05) is 16.2 Å². The molecule has 2 aromatic rings. The molecule has 0 spiro atoms. The van der Waals surface area contributed by atoms with Gasteiger partial charge in [0.25, 0.3) is 0 Å². The molecule has 4 nitrogen and oxygen atoms in total. The summed E-state index contributed by atoms with van der Waals surface area (Å²) >= 11 is 3.01. The highest BCUT2D eigenvalue weighted by atomic mass is 32.2. The number of aliphatic carboxylic acids is 1. The van der Waals surface area contributed by atoms with E-state index in [1.807, 2.05) is 0 Å². The Bertz CT molecular complexity index is 706. The maximum atomic E-state index is 10.9. The van der Waals surface area contributed by atoms with Gasteiger partial charge >= 0.3 is 5.97 Å². The van der Waals surface area contributed by atoms with Crippen LogP contribution in [0.5, 0.6) is 0 Å². The zero-order valence-electron chi connectivity index (χ0n) is 12.9. The average molecular weight is 336 g/mol. The molecule has 0 unspecified atom stereocenters. The van der Waals surface area contributed by atoms with Crippen molar-refractivity contribution in [2.45, 2.75) is 56.9 Å². The topological polar surface area (TPSA) is 63.1 Å². The highest BCUT2D eigenvalue weighted by molar-refractivity contribution is 8.00. The monoisotopic (exact) mass is 336 g/mol. The third kappa shape index (κ3) is 3.13. The number of nitrogens with zero attached hydrogens (tertiary/aromatic N) is 2. The molecule has 2 heterocycles. The van der Waals surface area contributed by atoms with Crippen LogP contribution < -0.4 is 0 Å². The maximum absolute atomic E-state index is 10.9. The fraction of sp³-hybridized carbons (Fsp3) is 0.562. The standard InChI is InChI=1S/C16H20N2O2S2/c1-9-10(2)22-16-13(9)15(21-8-12(19)20)17-14(18-16)11-6-4-3-5-7-11/h11H,3-8H2,1-2H3,(H,19,20). The van der Waals surface area contributed by atoms with E-state index >= 15 is 0 Å². The number of aromatic nitrogens is 2. The summed E-state index contributed by atoms with van der Waals surface area (Å²) in [7, 11) is 0. The maximum Gasteiger partial charge on any atom is 0.313 e. The lowest BCUT2D eigenvalue weighted by Gasteiger charge is -2.20. The first-order valence-electron chi connectivity index (χ1n) is 7.68. The van der Waals surface area contributed by atoms with Gasteiger partial charge in [-0.05, 0) is 32.3 Å². The Morgan fingerprint density at radius 3 is 2.68 bits per heavy atom. The summed E-state index contributed by atoms with van der Waals surface area (Å²) in [5.41, 5.74) is 1.18. The van der Waals surface area contributed by atoms with Crippen LogP contribution in [0.2, 0.25) is 0 Å². The van der Waals surface area contributed by atoms with Crippen LogP contribution in [0, 0.1) is 13.8 Å². The molecule has 3 rings (SSSR count). The second-order valence-electron chi connectivity index (χ2n) is 5.87. The van der Waals surface area contributed by atoms with Crippen molar-refractivity contribution in [3.8, 4) is 0 Å². The molecule has 1 N–H and O–H groups in total. The highest BCUT2D eigenvalue weighted by Crippen LogP contribution is 2.38. The van der Waals surface area contributed by atoms with Crippen LogP contribution in [-0.2, 0) is 4.79 Å². The van der Waals surface area contributed by atoms with E-state index in [1.54, 1.807) is 11.3 Å². The summed E-state index contributed by atoms with van der Waals surface area (Å²) in [5, 5.41) is 10.9. The zero-order valence-corrected chi connectivity index (χ0v) is 14.5. The Morgan fingerprint density at radius 2 is 2.00 bits per heavy atom. The fourth-order valence-corrected chi connectivity index (χ4v) is 4.92. The van der Waals surface area contributed by atoms with Gasteiger partial charge in [-0.2, -0.15) is 0 Å². The molecule has 1 saturated carbocycles. The highest BCUT2D eigenvalue weighted by Gasteiger charge is 2.22. The van der Waals surface area contributed by atoms with Crippen molar-refractivity contribution in [1.82, 2.24) is 9.97 Å². The van der Waals surface area contributed by atoms with E-state index in [0.29, 0.717) is 5.92 Å². The van der Waals surface area contributed by atoms with Gasteiger partial charge in [-0.1, -0.05) is 31.0 Å². The summed E-state index contributed by atoms with van der Waals surface area (Å²) in [5.74, 6) is 0.594. The number of carboxylic acid groups (broad SMARTS) is 1. The predicted molar refractivity (Wildman–Crippen MR) is 91.1 cm³/mol. The molecule has 0 saturated heterocycles. The van der Waals surface area contributed by atoms with Gasteiger partial charge < -0.3 is 5.11 Å². The third-order valence-electron chi connectivity index (χ3n) is 4.32. The quantitative estimate of drug-likeness (QED) is 0.656. The van der Waals surface area contributed by atoms with Crippen molar-refractivity contribution in [2.24, 2.45) is 0 Å². The van der Waals surface area contributed by atoms with E-state index in [0.717, 1.165) is 33.9 Å². The molecular formula is C16H20N2O2S2. The van der Waals surface area contributed by atoms with E-state index in [9.17, 15) is 4.79 Å². The molecule has 1 aliphatic rings. The lowest BCUT2D eigenvalue weighted by atomic mass is 9.89. The van der Waals surface area contributed by atoms with Crippen LogP contribution in [0.25, 0.3) is 10.2 Å². The van der Waals surface area contributed by atoms with E-state index in [4.69, 9.17) is 15.1 Å². The SMILES string of the molecule is Cc1sc2nc(C3CCCCC3)nc(SCC(=O)O)c2c1C. The first kappa shape index (κ1) is 15.7. The summed E-state index contributed by atoms with van der Waals surface area (Å²) in [6.45, 7) is 4.16. The lowest BCUT2D eigenvalue weighted by Crippen LogP contribution is -2.09. The number of aryl methyl sites for hydroxylation is 2. The Hall–Kier alpha value is -1.14. The molecule has 2 aromatic heterocycles. The largest absolute Gasteiger partial charge is 0.481 e. The van der Waals surface area contributed by atoms with E-state index in [1.165, 1.54) is 41.5 Å². The van der Waals surface area contributed by atoms with Gasteiger partial charge in [-0.25, -0.2) is 9.97 Å². The lowest BCUT2D eigenvalue weighted by molar-refractivity contribution is -0.133. The minimum Gasteiger partial charge on any atom is -0.481 e. The Kier molecular flexibility index (Phi) is 4.68. The molecule has 0 aliphatic heterocycles. The number of carbonyl (C=O) groups is 1. The van der Waals surface area contributed by atoms with Gasteiger partial charge in [0.05, 0.1) is 5.75 Å². The minimum absolute atomic E-state index is 0.0462. The van der Waals surface area contributed by atoms with E-state index in [2.05, 4.69) is 13.8 Å². The normalized spacial score (nSPS) is 16.3. The van der Waals surface area contributed by atoms with Gasteiger partial charge in [0.15, 0.2) is 0 Å². The number of thioether (sulfide) groups is 1. The van der Waals surface area contributed by atoms with Crippen molar-refractivity contribution in [2.75, 3.05) is 5.75 Å². The van der Waals surface area contributed by atoms with Crippen LogP contribution >= 0.6 is 23.1 Å². The van der Waals surface area contributed by atoms with Crippen molar-refractivity contribution in [3.05, 3.63) is 16.3 Å². The number of hydrogen-bond acceptors (Lipinski definition) is 5. The van der Waals surface area contributed by atoms with E-state index in [-0.39, 0.29) is 5.75 Å². The number of fused-ring (bicyclic) bond motifs is 1. The van der Waals surface area contributed by atoms with Gasteiger partial charge in [-0.15, -0.1) is 11.3 Å². The first-order chi connectivity index (χ1) is 10.6. The van der Waals surface area contributed by atoms with Crippen molar-refractivity contribution >= 4 is 39.3 Å². The summed E-state index contributed by atoms with van der Waals surface area (Å²) in [6, 6.07) is 0. The van der Waals surface area contributed by atoms with Crippen molar-refractivity contribution in [3.63, 3.8) is 0 Å². The number of thiophene rings is 1. The van der Waals surface area contributed by atoms with Crippen LogP contribution in [0.1, 0.15) is 54.3 Å². The van der Waals surface area contributed by atoms with Gasteiger partial charge in [0.2, 0.25) is 0 Å². The van der Waals surface area contributed by atoms with Crippen LogP contribution in [0.4, 0.5) is 0 Å². The Morgan fingerprint density at radius 1 is 1.27 bits per heavy atom. The first-order valence-corrected chi connectivity index (χ1v) is 9.48.